The van der Waals surface area contributed by atoms with Gasteiger partial charge in [-0.15, -0.1) is 0 Å². The first-order valence-corrected chi connectivity index (χ1v) is 27.5. The minimum Gasteiger partial charge on any atom is -0.462 e. The Kier molecular flexibility index (Phi) is 38.5. The van der Waals surface area contributed by atoms with Gasteiger partial charge in [0.05, 0.1) is 6.61 Å². The van der Waals surface area contributed by atoms with Crippen LogP contribution in [0.3, 0.4) is 0 Å². The predicted molar refractivity (Wildman–Crippen MR) is 254 cm³/mol. The van der Waals surface area contributed by atoms with Gasteiger partial charge in [-0.25, -0.2) is 4.57 Å². The summed E-state index contributed by atoms with van der Waals surface area (Å²) in [7, 11) is -5.12. The number of rotatable bonds is 44. The molecule has 0 heterocycles. The molecular weight excluding hydrogens is 840 g/mol. The van der Waals surface area contributed by atoms with Gasteiger partial charge in [0, 0.05) is 12.8 Å². The van der Waals surface area contributed by atoms with E-state index < -0.39 is 75.7 Å². The van der Waals surface area contributed by atoms with Gasteiger partial charge in [0.25, 0.3) is 0 Å². The van der Waals surface area contributed by atoms with Gasteiger partial charge in [0.15, 0.2) is 6.10 Å². The summed E-state index contributed by atoms with van der Waals surface area (Å²) < 4.78 is 33.6. The van der Waals surface area contributed by atoms with Crippen molar-refractivity contribution in [3.63, 3.8) is 0 Å². The lowest BCUT2D eigenvalue weighted by molar-refractivity contribution is -0.220. The Morgan fingerprint density at radius 1 is 0.469 bits per heavy atom. The summed E-state index contributed by atoms with van der Waals surface area (Å²) >= 11 is 0. The van der Waals surface area contributed by atoms with Crippen LogP contribution in [0.2, 0.25) is 0 Å². The number of hydrogen-bond donors (Lipinski definition) is 6. The van der Waals surface area contributed by atoms with Gasteiger partial charge >= 0.3 is 19.8 Å². The van der Waals surface area contributed by atoms with Crippen molar-refractivity contribution < 1.29 is 63.1 Å². The maximum absolute atomic E-state index is 12.8. The molecule has 1 saturated carbocycles. The summed E-state index contributed by atoms with van der Waals surface area (Å²) in [5.41, 5.74) is 0. The molecule has 6 N–H and O–H groups in total. The highest BCUT2D eigenvalue weighted by atomic mass is 31.2. The van der Waals surface area contributed by atoms with Crippen molar-refractivity contribution in [2.45, 2.75) is 281 Å². The highest BCUT2D eigenvalue weighted by Gasteiger charge is 2.51. The Labute approximate surface area is 388 Å². The third-order valence-electron chi connectivity index (χ3n) is 12.4. The van der Waals surface area contributed by atoms with E-state index in [1.54, 1.807) is 0 Å². The van der Waals surface area contributed by atoms with Crippen LogP contribution in [0, 0.1) is 0 Å². The second-order valence-electron chi connectivity index (χ2n) is 18.4. The lowest BCUT2D eigenvalue weighted by Gasteiger charge is -2.41. The van der Waals surface area contributed by atoms with Crippen molar-refractivity contribution in [1.82, 2.24) is 0 Å². The Morgan fingerprint density at radius 3 is 1.22 bits per heavy atom. The number of aliphatic hydroxyl groups is 5. The first-order valence-electron chi connectivity index (χ1n) is 26.0. The van der Waals surface area contributed by atoms with Crippen LogP contribution >= 0.6 is 7.82 Å². The lowest BCUT2D eigenvalue weighted by atomic mass is 9.85. The van der Waals surface area contributed by atoms with Crippen molar-refractivity contribution in [2.75, 3.05) is 13.2 Å². The van der Waals surface area contributed by atoms with Crippen LogP contribution in [-0.2, 0) is 32.7 Å². The van der Waals surface area contributed by atoms with Gasteiger partial charge in [0.2, 0.25) is 0 Å². The molecule has 1 aliphatic carbocycles. The van der Waals surface area contributed by atoms with E-state index in [2.05, 4.69) is 26.0 Å². The van der Waals surface area contributed by atoms with Gasteiger partial charge < -0.3 is 39.9 Å². The summed E-state index contributed by atoms with van der Waals surface area (Å²) in [6, 6.07) is 0. The zero-order chi connectivity index (χ0) is 47.1. The number of unbranched alkanes of at least 4 members (excludes halogenated alkanes) is 30. The first-order chi connectivity index (χ1) is 30.9. The molecule has 64 heavy (non-hydrogen) atoms. The Bertz CT molecular complexity index is 1170. The van der Waals surface area contributed by atoms with Crippen molar-refractivity contribution in [3.05, 3.63) is 12.2 Å². The van der Waals surface area contributed by atoms with Gasteiger partial charge in [-0.05, 0) is 38.5 Å². The van der Waals surface area contributed by atoms with Crippen LogP contribution in [0.5, 0.6) is 0 Å². The molecule has 0 aromatic heterocycles. The maximum Gasteiger partial charge on any atom is 0.472 e. The molecule has 14 heteroatoms. The van der Waals surface area contributed by atoms with Gasteiger partial charge in [-0.3, -0.25) is 18.6 Å². The van der Waals surface area contributed by atoms with Crippen LogP contribution < -0.4 is 0 Å². The third kappa shape index (κ3) is 32.3. The van der Waals surface area contributed by atoms with E-state index in [9.17, 15) is 44.6 Å². The number of esters is 2. The van der Waals surface area contributed by atoms with Crippen molar-refractivity contribution in [2.24, 2.45) is 0 Å². The van der Waals surface area contributed by atoms with E-state index in [1.165, 1.54) is 141 Å². The molecule has 1 fully saturated rings. The molecule has 13 nitrogen and oxygen atoms in total. The second kappa shape index (κ2) is 40.6. The van der Waals surface area contributed by atoms with E-state index in [4.69, 9.17) is 18.5 Å². The molecule has 1 aliphatic rings. The molecule has 0 bridgehead atoms. The first kappa shape index (κ1) is 60.6. The number of phosphoric acid groups is 1. The monoisotopic (exact) mass is 935 g/mol. The summed E-state index contributed by atoms with van der Waals surface area (Å²) in [4.78, 5) is 35.8. The molecule has 0 saturated heterocycles. The number of allylic oxidation sites excluding steroid dienone is 2. The third-order valence-corrected chi connectivity index (χ3v) is 13.3. The molecule has 0 aromatic carbocycles. The summed E-state index contributed by atoms with van der Waals surface area (Å²) in [5.74, 6) is -1.10. The quantitative estimate of drug-likeness (QED) is 0.0146. The number of hydrogen-bond acceptors (Lipinski definition) is 12. The van der Waals surface area contributed by atoms with Gasteiger partial charge in [-0.2, -0.15) is 0 Å². The second-order valence-corrected chi connectivity index (χ2v) is 19.8. The zero-order valence-electron chi connectivity index (χ0n) is 40.3. The number of carbonyl (C=O) groups is 2. The normalized spacial score (nSPS) is 21.6. The molecule has 1 rings (SSSR count). The molecule has 378 valence electrons. The van der Waals surface area contributed by atoms with Crippen LogP contribution in [0.25, 0.3) is 0 Å². The summed E-state index contributed by atoms with van der Waals surface area (Å²) in [6.45, 7) is 3.30. The van der Waals surface area contributed by atoms with Crippen LogP contribution in [-0.4, -0.2) is 98.3 Å². The van der Waals surface area contributed by atoms with E-state index in [0.717, 1.165) is 57.8 Å². The fraction of sp³-hybridized carbons (Fsp3) is 0.920. The van der Waals surface area contributed by atoms with E-state index >= 15 is 0 Å². The van der Waals surface area contributed by atoms with Crippen LogP contribution in [0.15, 0.2) is 12.2 Å². The average Bonchev–Trinajstić information content (AvgIpc) is 3.28. The van der Waals surface area contributed by atoms with E-state index in [1.807, 2.05) is 0 Å². The average molecular weight is 935 g/mol. The highest BCUT2D eigenvalue weighted by Crippen LogP contribution is 2.47. The minimum absolute atomic E-state index is 0.0904. The Hall–Kier alpha value is -1.41. The van der Waals surface area contributed by atoms with Gasteiger partial charge in [-0.1, -0.05) is 199 Å². The standard InChI is InChI=1S/C50H95O13P/c1-3-5-7-9-11-13-15-17-18-19-20-21-22-23-24-25-26-27-29-30-32-34-36-38-43(51)60-40-42(62-44(52)39-37-35-33-31-28-16-14-12-10-8-6-4-2)41-61-64(58,59)63-50-48(56)46(54)45(53)47(55)49(50)57/h12,14,42,45-50,53-57H,3-11,13,15-41H2,1-2H3,(H,58,59)/b14-12-. The molecule has 6 atom stereocenters. The Morgan fingerprint density at radius 2 is 0.797 bits per heavy atom. The zero-order valence-corrected chi connectivity index (χ0v) is 41.2. The maximum atomic E-state index is 12.8. The molecule has 0 aromatic rings. The summed E-state index contributed by atoms with van der Waals surface area (Å²) in [6.07, 6.45) is 31.4. The minimum atomic E-state index is -5.12. The largest absolute Gasteiger partial charge is 0.472 e. The molecule has 0 spiro atoms. The molecule has 0 radical (unpaired) electrons. The number of phosphoric ester groups is 1. The van der Waals surface area contributed by atoms with Gasteiger partial charge in [0.1, 0.15) is 43.2 Å². The van der Waals surface area contributed by atoms with E-state index in [0.29, 0.717) is 12.8 Å². The molecule has 6 unspecified atom stereocenters. The molecule has 0 amide bonds. The molecule has 0 aliphatic heterocycles. The fourth-order valence-corrected chi connectivity index (χ4v) is 9.14. The number of aliphatic hydroxyl groups excluding tert-OH is 5. The van der Waals surface area contributed by atoms with Crippen molar-refractivity contribution >= 4 is 19.8 Å². The summed E-state index contributed by atoms with van der Waals surface area (Å²) in [5, 5.41) is 50.2. The smallest absolute Gasteiger partial charge is 0.462 e. The predicted octanol–water partition coefficient (Wildman–Crippen LogP) is 11.0. The number of carbonyl (C=O) groups excluding carboxylic acids is 2. The van der Waals surface area contributed by atoms with Crippen molar-refractivity contribution in [1.29, 1.82) is 0 Å². The fourth-order valence-electron chi connectivity index (χ4n) is 8.17. The number of ether oxygens (including phenoxy) is 2. The Balaban J connectivity index is 2.32. The van der Waals surface area contributed by atoms with Crippen LogP contribution in [0.4, 0.5) is 0 Å². The topological polar surface area (TPSA) is 210 Å². The molecular formula is C50H95O13P. The van der Waals surface area contributed by atoms with Crippen molar-refractivity contribution in [3.8, 4) is 0 Å². The SMILES string of the molecule is CCCCC/C=C\CCCCCCCC(=O)OC(COC(=O)CCCCCCCCCCCCCCCCCCCCCCCCC)COP(=O)(O)OC1C(O)C(O)C(O)C(O)C1O. The lowest BCUT2D eigenvalue weighted by Crippen LogP contribution is -2.64. The van der Waals surface area contributed by atoms with Crippen LogP contribution in [0.1, 0.15) is 239 Å². The highest BCUT2D eigenvalue weighted by molar-refractivity contribution is 7.47. The van der Waals surface area contributed by atoms with E-state index in [-0.39, 0.29) is 12.8 Å².